The van der Waals surface area contributed by atoms with Crippen LogP contribution < -0.4 is 14.8 Å². The number of hydrogen-bond donors (Lipinski definition) is 2. The van der Waals surface area contributed by atoms with Crippen molar-refractivity contribution in [3.05, 3.63) is 108 Å². The predicted octanol–water partition coefficient (Wildman–Crippen LogP) is 5.21. The topological polar surface area (TPSA) is 97.4 Å². The van der Waals surface area contributed by atoms with Crippen LogP contribution in [-0.2, 0) is 10.0 Å². The zero-order chi connectivity index (χ0) is 24.1. The monoisotopic (exact) mass is 481 g/mol. The Hall–Kier alpha value is -4.31. The molecule has 7 nitrogen and oxygen atoms in total. The summed E-state index contributed by atoms with van der Waals surface area (Å²) in [6, 6.07) is 19.1. The summed E-state index contributed by atoms with van der Waals surface area (Å²) in [5.74, 6) is -1.06. The lowest BCUT2D eigenvalue weighted by Crippen LogP contribution is -2.16. The van der Waals surface area contributed by atoms with Gasteiger partial charge in [-0.3, -0.25) is 9.52 Å². The van der Waals surface area contributed by atoms with Gasteiger partial charge in [-0.1, -0.05) is 18.2 Å². The Bertz CT molecular complexity index is 1430. The number of carbonyl (C=O) groups excluding carboxylic acids is 1. The van der Waals surface area contributed by atoms with Crippen LogP contribution >= 0.6 is 0 Å². The van der Waals surface area contributed by atoms with E-state index in [4.69, 9.17) is 4.74 Å². The quantitative estimate of drug-likeness (QED) is 0.378. The number of pyridine rings is 1. The van der Waals surface area contributed by atoms with Crippen molar-refractivity contribution >= 4 is 27.3 Å². The molecule has 4 aromatic rings. The molecule has 1 amide bonds. The van der Waals surface area contributed by atoms with Gasteiger partial charge in [0.1, 0.15) is 17.4 Å². The highest BCUT2D eigenvalue weighted by atomic mass is 32.2. The number of sulfonamides is 1. The fourth-order valence-corrected chi connectivity index (χ4v) is 4.01. The van der Waals surface area contributed by atoms with Crippen molar-refractivity contribution in [2.24, 2.45) is 0 Å². The first kappa shape index (κ1) is 22.9. The molecule has 0 fully saturated rings. The third-order valence-corrected chi connectivity index (χ3v) is 5.92. The molecule has 0 aliphatic carbocycles. The van der Waals surface area contributed by atoms with E-state index in [1.165, 1.54) is 79.0 Å². The average Bonchev–Trinajstić information content (AvgIpc) is 2.83. The minimum atomic E-state index is -4.13. The van der Waals surface area contributed by atoms with Crippen molar-refractivity contribution in [1.29, 1.82) is 0 Å². The molecule has 1 aromatic heterocycles. The first-order chi connectivity index (χ1) is 16.3. The summed E-state index contributed by atoms with van der Waals surface area (Å²) in [7, 11) is -4.13. The lowest BCUT2D eigenvalue weighted by Gasteiger charge is -2.11. The van der Waals surface area contributed by atoms with Crippen LogP contribution in [0.25, 0.3) is 0 Å². The minimum absolute atomic E-state index is 0.0723. The van der Waals surface area contributed by atoms with Crippen LogP contribution in [0.2, 0.25) is 0 Å². The van der Waals surface area contributed by atoms with Gasteiger partial charge < -0.3 is 10.1 Å². The molecule has 0 aliphatic rings. The van der Waals surface area contributed by atoms with Gasteiger partial charge >= 0.3 is 0 Å². The summed E-state index contributed by atoms with van der Waals surface area (Å²) in [4.78, 5) is 16.5. The number of benzene rings is 3. The van der Waals surface area contributed by atoms with Crippen LogP contribution in [0.4, 0.5) is 20.2 Å². The molecular weight excluding hydrogens is 464 g/mol. The Labute approximate surface area is 194 Å². The van der Waals surface area contributed by atoms with E-state index in [-0.39, 0.29) is 22.0 Å². The van der Waals surface area contributed by atoms with E-state index < -0.39 is 27.6 Å². The fraction of sp³-hybridized carbons (Fsp3) is 0. The van der Waals surface area contributed by atoms with E-state index in [1.54, 1.807) is 6.07 Å². The highest BCUT2D eigenvalue weighted by molar-refractivity contribution is 7.92. The van der Waals surface area contributed by atoms with Crippen LogP contribution in [0, 0.1) is 11.6 Å². The number of para-hydroxylation sites is 1. The number of nitrogens with zero attached hydrogens (tertiary/aromatic N) is 1. The lowest BCUT2D eigenvalue weighted by molar-refractivity contribution is 0.102. The van der Waals surface area contributed by atoms with Gasteiger partial charge in [-0.05, 0) is 60.7 Å². The largest absolute Gasteiger partial charge is 0.439 e. The molecule has 0 spiro atoms. The number of ether oxygens (including phenoxy) is 1. The molecule has 0 saturated heterocycles. The Morgan fingerprint density at radius 1 is 0.882 bits per heavy atom. The highest BCUT2D eigenvalue weighted by Crippen LogP contribution is 2.22. The molecular formula is C24H17F2N3O4S. The number of rotatable bonds is 7. The van der Waals surface area contributed by atoms with Gasteiger partial charge in [0.2, 0.25) is 5.88 Å². The molecule has 0 aliphatic heterocycles. The van der Waals surface area contributed by atoms with Crippen molar-refractivity contribution < 1.29 is 26.7 Å². The van der Waals surface area contributed by atoms with Gasteiger partial charge in [0.15, 0.2) is 0 Å². The highest BCUT2D eigenvalue weighted by Gasteiger charge is 2.18. The van der Waals surface area contributed by atoms with E-state index in [0.29, 0.717) is 11.4 Å². The number of hydrogen-bond acceptors (Lipinski definition) is 5. The second-order valence-electron chi connectivity index (χ2n) is 7.01. The summed E-state index contributed by atoms with van der Waals surface area (Å²) in [5, 5.41) is 2.61. The van der Waals surface area contributed by atoms with Gasteiger partial charge in [-0.25, -0.2) is 22.2 Å². The molecule has 0 atom stereocenters. The number of amides is 1. The van der Waals surface area contributed by atoms with E-state index >= 15 is 0 Å². The van der Waals surface area contributed by atoms with Crippen molar-refractivity contribution in [2.45, 2.75) is 4.90 Å². The first-order valence-corrected chi connectivity index (χ1v) is 11.4. The fourth-order valence-electron chi connectivity index (χ4n) is 2.89. The predicted molar refractivity (Wildman–Crippen MR) is 122 cm³/mol. The number of halogens is 2. The smallest absolute Gasteiger partial charge is 0.262 e. The first-order valence-electron chi connectivity index (χ1n) is 9.88. The zero-order valence-corrected chi connectivity index (χ0v) is 18.2. The average molecular weight is 481 g/mol. The number of aromatic nitrogens is 1. The Morgan fingerprint density at radius 3 is 2.35 bits per heavy atom. The van der Waals surface area contributed by atoms with Gasteiger partial charge in [-0.2, -0.15) is 0 Å². The molecule has 172 valence electrons. The Balaban J connectivity index is 1.45. The van der Waals surface area contributed by atoms with Crippen molar-refractivity contribution in [3.63, 3.8) is 0 Å². The molecule has 1 heterocycles. The van der Waals surface area contributed by atoms with Crippen LogP contribution in [0.1, 0.15) is 10.4 Å². The van der Waals surface area contributed by atoms with E-state index in [1.807, 2.05) is 0 Å². The van der Waals surface area contributed by atoms with Gasteiger partial charge in [0.05, 0.1) is 22.5 Å². The lowest BCUT2D eigenvalue weighted by atomic mass is 10.2. The third-order valence-electron chi connectivity index (χ3n) is 4.55. The van der Waals surface area contributed by atoms with Crippen molar-refractivity contribution in [2.75, 3.05) is 10.0 Å². The van der Waals surface area contributed by atoms with Gasteiger partial charge in [-0.15, -0.1) is 0 Å². The third kappa shape index (κ3) is 5.54. The Kier molecular flexibility index (Phi) is 6.51. The standard InChI is InChI=1S/C24H17F2N3O4S/c25-17-8-11-19(12-9-17)33-23-13-10-18(15-27-23)28-24(30)16-4-3-5-20(14-16)34(31,32)29-22-7-2-1-6-21(22)26/h1-15,29H,(H,28,30). The molecule has 4 rings (SSSR count). The summed E-state index contributed by atoms with van der Waals surface area (Å²) in [6.45, 7) is 0. The minimum Gasteiger partial charge on any atom is -0.439 e. The second-order valence-corrected chi connectivity index (χ2v) is 8.69. The maximum Gasteiger partial charge on any atom is 0.262 e. The van der Waals surface area contributed by atoms with Gasteiger partial charge in [0, 0.05) is 11.6 Å². The second kappa shape index (κ2) is 9.67. The molecule has 34 heavy (non-hydrogen) atoms. The Morgan fingerprint density at radius 2 is 1.65 bits per heavy atom. The number of nitrogens with one attached hydrogen (secondary N) is 2. The number of carbonyl (C=O) groups is 1. The van der Waals surface area contributed by atoms with Gasteiger partial charge in [0.25, 0.3) is 15.9 Å². The van der Waals surface area contributed by atoms with E-state index in [9.17, 15) is 22.0 Å². The summed E-state index contributed by atoms with van der Waals surface area (Å²) >= 11 is 0. The number of anilines is 2. The van der Waals surface area contributed by atoms with Crippen LogP contribution in [0.15, 0.2) is 96.0 Å². The van der Waals surface area contributed by atoms with Crippen LogP contribution in [-0.4, -0.2) is 19.3 Å². The van der Waals surface area contributed by atoms with Crippen molar-refractivity contribution in [1.82, 2.24) is 4.98 Å². The molecule has 10 heteroatoms. The maximum atomic E-state index is 13.8. The summed E-state index contributed by atoms with van der Waals surface area (Å²) in [6.07, 6.45) is 1.36. The maximum absolute atomic E-state index is 13.8. The summed E-state index contributed by atoms with van der Waals surface area (Å²) < 4.78 is 59.8. The molecule has 0 bridgehead atoms. The zero-order valence-electron chi connectivity index (χ0n) is 17.4. The van der Waals surface area contributed by atoms with Crippen LogP contribution in [0.5, 0.6) is 11.6 Å². The van der Waals surface area contributed by atoms with Crippen molar-refractivity contribution in [3.8, 4) is 11.6 Å². The molecule has 2 N–H and O–H groups in total. The SMILES string of the molecule is O=C(Nc1ccc(Oc2ccc(F)cc2)nc1)c1cccc(S(=O)(=O)Nc2ccccc2F)c1. The summed E-state index contributed by atoms with van der Waals surface area (Å²) in [5.41, 5.74) is 0.212. The van der Waals surface area contributed by atoms with Crippen LogP contribution in [0.3, 0.4) is 0 Å². The molecule has 0 saturated carbocycles. The molecule has 0 radical (unpaired) electrons. The normalized spacial score (nSPS) is 11.0. The van der Waals surface area contributed by atoms with E-state index in [0.717, 1.165) is 6.07 Å². The molecule has 3 aromatic carbocycles. The van der Waals surface area contributed by atoms with E-state index in [2.05, 4.69) is 15.0 Å². The molecule has 0 unspecified atom stereocenters.